The second-order valence-corrected chi connectivity index (χ2v) is 20.5. The number of carbonyl (C=O) groups excluding carboxylic acids is 3. The molecule has 2 aliphatic carbocycles. The lowest BCUT2D eigenvalue weighted by atomic mass is 9.73. The number of hydrogen-bond acceptors (Lipinski definition) is 5. The highest BCUT2D eigenvalue weighted by Crippen LogP contribution is 2.53. The van der Waals surface area contributed by atoms with Gasteiger partial charge < -0.3 is 25.8 Å². The Morgan fingerprint density at radius 1 is 0.575 bits per heavy atom. The molecule has 0 saturated carbocycles. The van der Waals surface area contributed by atoms with Crippen molar-refractivity contribution in [2.45, 2.75) is 94.2 Å². The Labute approximate surface area is 428 Å². The van der Waals surface area contributed by atoms with E-state index >= 15 is 0 Å². The Hall–Kier alpha value is -6.56. The van der Waals surface area contributed by atoms with Crippen LogP contribution < -0.4 is 16.0 Å². The standard InChI is InChI=1S/C62H68F3N5O3/c1-44-29-31-45(32-30-44)47-19-3-4-24-52(47)57(71)68-46-33-41-70(42-34-46)40-17-14-36-60(53-25-9-5-20-48(53)49-21-6-10-26-54(49)60)58(72)66-37-15-18-39-69(2)38-16-13-35-61(59(73)67-43-62(63,64)65)55-27-11-7-22-50(55)51-23-8-12-28-56(51)61/h3-12,19-32,46H,13-18,33-43H2,1-2H3,(H,66,72)(H,67,73)(H,68,71). The van der Waals surface area contributed by atoms with Crippen molar-refractivity contribution >= 4 is 17.7 Å². The molecule has 1 heterocycles. The van der Waals surface area contributed by atoms with Gasteiger partial charge in [0, 0.05) is 31.2 Å². The summed E-state index contributed by atoms with van der Waals surface area (Å²) in [4.78, 5) is 47.0. The highest BCUT2D eigenvalue weighted by molar-refractivity contribution is 6.02. The fourth-order valence-corrected chi connectivity index (χ4v) is 11.9. The highest BCUT2D eigenvalue weighted by Gasteiger charge is 2.50. The number of nitrogens with one attached hydrogen (secondary N) is 3. The van der Waals surface area contributed by atoms with Gasteiger partial charge in [0.15, 0.2) is 0 Å². The third-order valence-corrected chi connectivity index (χ3v) is 15.7. The van der Waals surface area contributed by atoms with Crippen LogP contribution in [0.2, 0.25) is 0 Å². The van der Waals surface area contributed by atoms with Gasteiger partial charge in [0.25, 0.3) is 5.91 Å². The number of amides is 3. The molecule has 8 nitrogen and oxygen atoms in total. The number of benzene rings is 6. The second-order valence-electron chi connectivity index (χ2n) is 20.5. The van der Waals surface area contributed by atoms with Crippen LogP contribution in [0.3, 0.4) is 0 Å². The van der Waals surface area contributed by atoms with Gasteiger partial charge in [-0.1, -0.05) is 158 Å². The third kappa shape index (κ3) is 11.0. The zero-order chi connectivity index (χ0) is 51.0. The molecular weight excluding hydrogens is 920 g/mol. The van der Waals surface area contributed by atoms with Gasteiger partial charge in [0.1, 0.15) is 17.4 Å². The Kier molecular flexibility index (Phi) is 16.0. The summed E-state index contributed by atoms with van der Waals surface area (Å²) in [6, 6.07) is 48.1. The van der Waals surface area contributed by atoms with Crippen molar-refractivity contribution in [2.24, 2.45) is 0 Å². The van der Waals surface area contributed by atoms with Gasteiger partial charge in [-0.2, -0.15) is 13.2 Å². The first-order valence-corrected chi connectivity index (χ1v) is 26.3. The van der Waals surface area contributed by atoms with E-state index in [-0.39, 0.29) is 17.9 Å². The fourth-order valence-electron chi connectivity index (χ4n) is 11.9. The number of rotatable bonds is 21. The molecule has 6 aromatic carbocycles. The minimum absolute atomic E-state index is 0.0265. The second kappa shape index (κ2) is 22.7. The quantitative estimate of drug-likeness (QED) is 0.0625. The van der Waals surface area contributed by atoms with Crippen LogP contribution in [0.1, 0.15) is 102 Å². The zero-order valence-corrected chi connectivity index (χ0v) is 42.2. The number of piperidine rings is 1. The van der Waals surface area contributed by atoms with Crippen molar-refractivity contribution < 1.29 is 27.6 Å². The molecule has 1 saturated heterocycles. The maximum absolute atomic E-state index is 14.8. The van der Waals surface area contributed by atoms with E-state index in [1.165, 1.54) is 5.56 Å². The van der Waals surface area contributed by atoms with Crippen LogP contribution in [-0.4, -0.2) is 92.6 Å². The average Bonchev–Trinajstić information content (AvgIpc) is 3.86. The van der Waals surface area contributed by atoms with E-state index in [0.29, 0.717) is 31.4 Å². The van der Waals surface area contributed by atoms with E-state index in [9.17, 15) is 27.6 Å². The number of hydrogen-bond donors (Lipinski definition) is 3. The molecule has 1 fully saturated rings. The molecule has 9 rings (SSSR count). The summed E-state index contributed by atoms with van der Waals surface area (Å²) in [5.41, 5.74) is 9.53. The van der Waals surface area contributed by atoms with Gasteiger partial charge in [-0.05, 0) is 147 Å². The molecule has 0 radical (unpaired) electrons. The topological polar surface area (TPSA) is 93.8 Å². The first kappa shape index (κ1) is 51.3. The molecule has 0 spiro atoms. The van der Waals surface area contributed by atoms with E-state index in [0.717, 1.165) is 133 Å². The molecule has 3 aliphatic rings. The van der Waals surface area contributed by atoms with Gasteiger partial charge in [-0.15, -0.1) is 0 Å². The highest BCUT2D eigenvalue weighted by atomic mass is 19.4. The van der Waals surface area contributed by atoms with Gasteiger partial charge >= 0.3 is 6.18 Å². The van der Waals surface area contributed by atoms with E-state index in [1.54, 1.807) is 0 Å². The molecule has 380 valence electrons. The summed E-state index contributed by atoms with van der Waals surface area (Å²) in [7, 11) is 2.07. The van der Waals surface area contributed by atoms with Crippen molar-refractivity contribution in [1.29, 1.82) is 0 Å². The van der Waals surface area contributed by atoms with Gasteiger partial charge in [-0.25, -0.2) is 0 Å². The SMILES string of the molecule is Cc1ccc(-c2ccccc2C(=O)NC2CCN(CCCCC3(C(=O)NCCCCN(C)CCCCC4(C(=O)NCC(F)(F)F)c5ccccc5-c5ccccc54)c4ccccc4-c4ccccc43)CC2)cc1. The lowest BCUT2D eigenvalue weighted by Gasteiger charge is -2.33. The summed E-state index contributed by atoms with van der Waals surface area (Å²) in [6.07, 6.45) is 3.31. The Morgan fingerprint density at radius 2 is 1.03 bits per heavy atom. The number of alkyl halides is 3. The van der Waals surface area contributed by atoms with Crippen LogP contribution in [0, 0.1) is 6.92 Å². The van der Waals surface area contributed by atoms with E-state index in [2.05, 4.69) is 100 Å². The minimum atomic E-state index is -4.52. The summed E-state index contributed by atoms with van der Waals surface area (Å²) in [5, 5.41) is 8.95. The maximum atomic E-state index is 14.8. The molecule has 3 N–H and O–H groups in total. The monoisotopic (exact) mass is 988 g/mol. The number of carbonyl (C=O) groups is 3. The molecule has 0 bridgehead atoms. The molecular formula is C62H68F3N5O3. The first-order chi connectivity index (χ1) is 35.4. The molecule has 73 heavy (non-hydrogen) atoms. The van der Waals surface area contributed by atoms with Crippen molar-refractivity contribution in [3.63, 3.8) is 0 Å². The average molecular weight is 988 g/mol. The van der Waals surface area contributed by atoms with Crippen LogP contribution in [0.5, 0.6) is 0 Å². The normalized spacial score (nSPS) is 15.5. The van der Waals surface area contributed by atoms with E-state index in [4.69, 9.17) is 0 Å². The van der Waals surface area contributed by atoms with Crippen LogP contribution in [0.15, 0.2) is 146 Å². The number of likely N-dealkylation sites (tertiary alicyclic amines) is 1. The van der Waals surface area contributed by atoms with Crippen LogP contribution in [-0.2, 0) is 20.4 Å². The summed E-state index contributed by atoms with van der Waals surface area (Å²) >= 11 is 0. The van der Waals surface area contributed by atoms with Crippen LogP contribution in [0.25, 0.3) is 33.4 Å². The Balaban J connectivity index is 0.754. The molecule has 6 aromatic rings. The minimum Gasteiger partial charge on any atom is -0.355 e. The molecule has 3 amide bonds. The summed E-state index contributed by atoms with van der Waals surface area (Å²) < 4.78 is 40.1. The molecule has 11 heteroatoms. The lowest BCUT2D eigenvalue weighted by Crippen LogP contribution is -2.47. The maximum Gasteiger partial charge on any atom is 0.405 e. The zero-order valence-electron chi connectivity index (χ0n) is 42.2. The molecule has 0 atom stereocenters. The predicted molar refractivity (Wildman–Crippen MR) is 285 cm³/mol. The predicted octanol–water partition coefficient (Wildman–Crippen LogP) is 11.6. The number of unbranched alkanes of at least 4 members (excludes halogenated alkanes) is 3. The van der Waals surface area contributed by atoms with Crippen LogP contribution >= 0.6 is 0 Å². The van der Waals surface area contributed by atoms with E-state index in [1.807, 2.05) is 84.9 Å². The summed E-state index contributed by atoms with van der Waals surface area (Å²) in [6.45, 7) is 5.59. The molecule has 0 aromatic heterocycles. The van der Waals surface area contributed by atoms with E-state index < -0.39 is 29.5 Å². The summed E-state index contributed by atoms with van der Waals surface area (Å²) in [5.74, 6) is -0.597. The fraction of sp³-hybridized carbons (Fsp3) is 0.371. The largest absolute Gasteiger partial charge is 0.405 e. The first-order valence-electron chi connectivity index (χ1n) is 26.3. The number of aryl methyl sites for hydroxylation is 1. The van der Waals surface area contributed by atoms with Crippen molar-refractivity contribution in [3.05, 3.63) is 179 Å². The van der Waals surface area contributed by atoms with Crippen molar-refractivity contribution in [3.8, 4) is 33.4 Å². The number of halogens is 3. The van der Waals surface area contributed by atoms with Crippen molar-refractivity contribution in [2.75, 3.05) is 52.9 Å². The molecule has 1 aliphatic heterocycles. The van der Waals surface area contributed by atoms with Crippen LogP contribution in [0.4, 0.5) is 13.2 Å². The van der Waals surface area contributed by atoms with Gasteiger partial charge in [0.2, 0.25) is 11.8 Å². The number of fused-ring (bicyclic) bond motifs is 6. The Bertz CT molecular complexity index is 2800. The van der Waals surface area contributed by atoms with Crippen molar-refractivity contribution in [1.82, 2.24) is 25.8 Å². The van der Waals surface area contributed by atoms with Gasteiger partial charge in [0.05, 0.1) is 0 Å². The third-order valence-electron chi connectivity index (χ3n) is 15.7. The van der Waals surface area contributed by atoms with Gasteiger partial charge in [-0.3, -0.25) is 14.4 Å². The molecule has 0 unspecified atom stereocenters. The lowest BCUT2D eigenvalue weighted by molar-refractivity contribution is -0.141. The smallest absolute Gasteiger partial charge is 0.355 e. The number of nitrogens with zero attached hydrogens (tertiary/aromatic N) is 2. The Morgan fingerprint density at radius 3 is 1.55 bits per heavy atom.